The van der Waals surface area contributed by atoms with Crippen molar-refractivity contribution < 1.29 is 9.32 Å². The van der Waals surface area contributed by atoms with Crippen LogP contribution in [0.15, 0.2) is 4.52 Å². The quantitative estimate of drug-likeness (QED) is 0.856. The second kappa shape index (κ2) is 7.44. The fourth-order valence-electron chi connectivity index (χ4n) is 3.50. The van der Waals surface area contributed by atoms with E-state index in [1.54, 1.807) is 0 Å². The van der Waals surface area contributed by atoms with Crippen molar-refractivity contribution in [3.63, 3.8) is 0 Å². The van der Waals surface area contributed by atoms with Gasteiger partial charge in [0.2, 0.25) is 11.8 Å². The van der Waals surface area contributed by atoms with Gasteiger partial charge < -0.3 is 9.84 Å². The molecule has 0 radical (unpaired) electrons. The zero-order valence-corrected chi connectivity index (χ0v) is 16.0. The van der Waals surface area contributed by atoms with Crippen LogP contribution in [0.3, 0.4) is 0 Å². The Morgan fingerprint density at radius 3 is 2.76 bits per heavy atom. The van der Waals surface area contributed by atoms with Gasteiger partial charge in [0.05, 0.1) is 6.54 Å². The first-order valence-corrected chi connectivity index (χ1v) is 9.66. The molecule has 2 fully saturated rings. The van der Waals surface area contributed by atoms with Crippen LogP contribution in [0.4, 0.5) is 0 Å². The minimum absolute atomic E-state index is 0.113. The number of hydrogen-bond donors (Lipinski definition) is 1. The topological polar surface area (TPSA) is 71.3 Å². The minimum atomic E-state index is -0.113. The normalized spacial score (nSPS) is 23.4. The molecular formula is C19H32N4O2. The van der Waals surface area contributed by atoms with Crippen molar-refractivity contribution in [3.05, 3.63) is 11.7 Å². The van der Waals surface area contributed by atoms with Crippen molar-refractivity contribution >= 4 is 5.91 Å². The molecule has 6 heteroatoms. The first kappa shape index (κ1) is 18.4. The molecule has 3 rings (SSSR count). The van der Waals surface area contributed by atoms with Gasteiger partial charge in [-0.1, -0.05) is 32.9 Å². The Morgan fingerprint density at radius 1 is 1.36 bits per heavy atom. The average Bonchev–Trinajstić information content (AvgIpc) is 3.30. The minimum Gasteiger partial charge on any atom is -0.356 e. The first-order chi connectivity index (χ1) is 11.8. The van der Waals surface area contributed by atoms with Gasteiger partial charge in [0.15, 0.2) is 5.82 Å². The third-order valence-electron chi connectivity index (χ3n) is 5.39. The number of nitrogens with zero attached hydrogens (tertiary/aromatic N) is 3. The lowest BCUT2D eigenvalue weighted by atomic mass is 9.97. The summed E-state index contributed by atoms with van der Waals surface area (Å²) in [6.45, 7) is 11.8. The predicted molar refractivity (Wildman–Crippen MR) is 95.9 cm³/mol. The molecule has 0 aromatic carbocycles. The first-order valence-electron chi connectivity index (χ1n) is 9.66. The number of likely N-dealkylation sites (tertiary alicyclic amines) is 1. The lowest BCUT2D eigenvalue weighted by Crippen LogP contribution is -2.42. The Morgan fingerprint density at radius 2 is 2.12 bits per heavy atom. The smallest absolute Gasteiger partial charge is 0.232 e. The maximum atomic E-state index is 12.2. The van der Waals surface area contributed by atoms with Crippen LogP contribution >= 0.6 is 0 Å². The molecule has 25 heavy (non-hydrogen) atoms. The Balaban J connectivity index is 1.46. The van der Waals surface area contributed by atoms with Crippen LogP contribution in [0.2, 0.25) is 0 Å². The fraction of sp³-hybridized carbons (Fsp3) is 0.842. The molecule has 1 aromatic heterocycles. The second-order valence-electron chi connectivity index (χ2n) is 8.88. The number of aromatic nitrogens is 2. The summed E-state index contributed by atoms with van der Waals surface area (Å²) in [7, 11) is 0. The monoisotopic (exact) mass is 348 g/mol. The molecular weight excluding hydrogens is 316 g/mol. The summed E-state index contributed by atoms with van der Waals surface area (Å²) in [5, 5.41) is 7.29. The van der Waals surface area contributed by atoms with Gasteiger partial charge in [-0.3, -0.25) is 9.69 Å². The fourth-order valence-corrected chi connectivity index (χ4v) is 3.50. The molecule has 2 heterocycles. The molecule has 1 saturated carbocycles. The van der Waals surface area contributed by atoms with E-state index < -0.39 is 0 Å². The number of hydrogen-bond acceptors (Lipinski definition) is 5. The van der Waals surface area contributed by atoms with Gasteiger partial charge in [0, 0.05) is 24.4 Å². The Labute approximate surface area is 150 Å². The largest absolute Gasteiger partial charge is 0.356 e. The van der Waals surface area contributed by atoms with Crippen molar-refractivity contribution in [1.82, 2.24) is 20.4 Å². The maximum absolute atomic E-state index is 12.2. The summed E-state index contributed by atoms with van der Waals surface area (Å²) in [4.78, 5) is 19.1. The lowest BCUT2D eigenvalue weighted by molar-refractivity contribution is -0.125. The summed E-state index contributed by atoms with van der Waals surface area (Å²) in [5.41, 5.74) is -0.113. The molecule has 2 atom stereocenters. The number of piperidine rings is 1. The van der Waals surface area contributed by atoms with Crippen molar-refractivity contribution in [2.75, 3.05) is 19.6 Å². The molecule has 1 saturated heterocycles. The molecule has 140 valence electrons. The van der Waals surface area contributed by atoms with Crippen LogP contribution in [0.5, 0.6) is 0 Å². The zero-order chi connectivity index (χ0) is 18.0. The Hall–Kier alpha value is -1.43. The van der Waals surface area contributed by atoms with E-state index in [0.717, 1.165) is 38.4 Å². The second-order valence-corrected chi connectivity index (χ2v) is 8.88. The molecule has 1 aliphatic heterocycles. The van der Waals surface area contributed by atoms with Gasteiger partial charge in [-0.05, 0) is 44.1 Å². The summed E-state index contributed by atoms with van der Waals surface area (Å²) in [6, 6.07) is 0. The Kier molecular flexibility index (Phi) is 5.46. The van der Waals surface area contributed by atoms with Gasteiger partial charge in [0.25, 0.3) is 0 Å². The highest BCUT2D eigenvalue weighted by Gasteiger charge is 2.33. The maximum Gasteiger partial charge on any atom is 0.232 e. The van der Waals surface area contributed by atoms with E-state index >= 15 is 0 Å². The van der Waals surface area contributed by atoms with Gasteiger partial charge in [-0.15, -0.1) is 0 Å². The van der Waals surface area contributed by atoms with Crippen molar-refractivity contribution in [2.24, 2.45) is 17.8 Å². The average molecular weight is 348 g/mol. The van der Waals surface area contributed by atoms with E-state index in [0.29, 0.717) is 17.7 Å². The highest BCUT2D eigenvalue weighted by Crippen LogP contribution is 2.36. The van der Waals surface area contributed by atoms with E-state index in [9.17, 15) is 4.79 Å². The Bertz CT molecular complexity index is 588. The number of carbonyl (C=O) groups excluding carboxylic acids is 1. The molecule has 2 aliphatic rings. The van der Waals surface area contributed by atoms with Crippen LogP contribution in [0.1, 0.15) is 65.1 Å². The van der Waals surface area contributed by atoms with E-state index in [4.69, 9.17) is 4.52 Å². The number of carbonyl (C=O) groups is 1. The SMILES string of the molecule is CC(C(=O)NCC1CCCN(Cc2noc(C(C)(C)C)n2)C1)C1CC1. The van der Waals surface area contributed by atoms with Crippen LogP contribution in [-0.4, -0.2) is 40.6 Å². The van der Waals surface area contributed by atoms with Crippen molar-refractivity contribution in [3.8, 4) is 0 Å². The van der Waals surface area contributed by atoms with E-state index in [-0.39, 0.29) is 17.2 Å². The summed E-state index contributed by atoms with van der Waals surface area (Å²) >= 11 is 0. The molecule has 1 amide bonds. The van der Waals surface area contributed by atoms with Gasteiger partial charge in [-0.2, -0.15) is 4.98 Å². The lowest BCUT2D eigenvalue weighted by Gasteiger charge is -2.32. The highest BCUT2D eigenvalue weighted by molar-refractivity contribution is 5.78. The van der Waals surface area contributed by atoms with Crippen LogP contribution in [-0.2, 0) is 16.8 Å². The number of amides is 1. The third kappa shape index (κ3) is 5.03. The van der Waals surface area contributed by atoms with Gasteiger partial charge in [0.1, 0.15) is 0 Å². The van der Waals surface area contributed by atoms with E-state index in [2.05, 4.69) is 48.1 Å². The predicted octanol–water partition coefficient (Wildman–Crippen LogP) is 2.74. The van der Waals surface area contributed by atoms with Crippen molar-refractivity contribution in [1.29, 1.82) is 0 Å². The highest BCUT2D eigenvalue weighted by atomic mass is 16.5. The van der Waals surface area contributed by atoms with E-state index in [1.807, 2.05) is 0 Å². The summed E-state index contributed by atoms with van der Waals surface area (Å²) < 4.78 is 5.39. The van der Waals surface area contributed by atoms with Crippen molar-refractivity contribution in [2.45, 2.75) is 65.3 Å². The van der Waals surface area contributed by atoms with Crippen LogP contribution in [0.25, 0.3) is 0 Å². The van der Waals surface area contributed by atoms with Crippen LogP contribution < -0.4 is 5.32 Å². The van der Waals surface area contributed by atoms with Gasteiger partial charge >= 0.3 is 0 Å². The van der Waals surface area contributed by atoms with Gasteiger partial charge in [-0.25, -0.2) is 0 Å². The molecule has 2 unspecified atom stereocenters. The molecule has 0 bridgehead atoms. The molecule has 1 N–H and O–H groups in total. The third-order valence-corrected chi connectivity index (χ3v) is 5.39. The number of rotatable bonds is 6. The standard InChI is InChI=1S/C19H32N4O2/c1-13(15-7-8-15)17(24)20-10-14-6-5-9-23(11-14)12-16-21-18(25-22-16)19(2,3)4/h13-15H,5-12H2,1-4H3,(H,20,24). The molecule has 1 aromatic rings. The molecule has 1 aliphatic carbocycles. The summed E-state index contributed by atoms with van der Waals surface area (Å²) in [5.74, 6) is 2.99. The van der Waals surface area contributed by atoms with Crippen LogP contribution in [0, 0.1) is 17.8 Å². The number of nitrogens with one attached hydrogen (secondary N) is 1. The van der Waals surface area contributed by atoms with E-state index in [1.165, 1.54) is 19.3 Å². The zero-order valence-electron chi connectivity index (χ0n) is 16.0. The molecule has 6 nitrogen and oxygen atoms in total. The summed E-state index contributed by atoms with van der Waals surface area (Å²) in [6.07, 6.45) is 4.76. The molecule has 0 spiro atoms.